The van der Waals surface area contributed by atoms with E-state index in [-0.39, 0.29) is 47.4 Å². The molecule has 0 aliphatic carbocycles. The summed E-state index contributed by atoms with van der Waals surface area (Å²) in [5.41, 5.74) is 0. The summed E-state index contributed by atoms with van der Waals surface area (Å²) < 4.78 is 21.6. The van der Waals surface area contributed by atoms with Gasteiger partial charge in [0.15, 0.2) is 5.75 Å². The van der Waals surface area contributed by atoms with Gasteiger partial charge in [-0.2, -0.15) is 4.98 Å². The van der Waals surface area contributed by atoms with E-state index in [2.05, 4.69) is 4.98 Å². The van der Waals surface area contributed by atoms with Crippen molar-refractivity contribution in [3.05, 3.63) is 6.07 Å². The summed E-state index contributed by atoms with van der Waals surface area (Å²) in [5.74, 6) is 0.145. The largest absolute Gasteiger partial charge is 0.489 e. The van der Waals surface area contributed by atoms with Crippen LogP contribution in [0.3, 0.4) is 0 Å². The number of hydrogen-bond donors (Lipinski definition) is 0. The summed E-state index contributed by atoms with van der Waals surface area (Å²) >= 11 is 0. The van der Waals surface area contributed by atoms with Gasteiger partial charge in [0.05, 0.1) is 14.2 Å². The topological polar surface area (TPSA) is 90.4 Å². The van der Waals surface area contributed by atoms with Gasteiger partial charge in [-0.3, -0.25) is 0 Å². The number of carbonyl (C=O) groups is 2. The second-order valence-electron chi connectivity index (χ2n) is 7.93. The Bertz CT molecular complexity index is 718. The minimum Gasteiger partial charge on any atom is -0.489 e. The first-order chi connectivity index (χ1) is 13.9. The fourth-order valence-electron chi connectivity index (χ4n) is 3.25. The maximum absolute atomic E-state index is 12.8. The normalized spacial score (nSPS) is 11.1. The van der Waals surface area contributed by atoms with Crippen LogP contribution in [0.4, 0.5) is 9.59 Å². The summed E-state index contributed by atoms with van der Waals surface area (Å²) in [6.45, 7) is 15.1. The van der Waals surface area contributed by atoms with Crippen molar-refractivity contribution >= 4 is 12.2 Å². The number of methoxy groups -OCH3 is 2. The van der Waals surface area contributed by atoms with Gasteiger partial charge >= 0.3 is 12.2 Å². The van der Waals surface area contributed by atoms with E-state index in [0.717, 1.165) is 0 Å². The zero-order chi connectivity index (χ0) is 23.2. The molecule has 30 heavy (non-hydrogen) atoms. The first-order valence-electron chi connectivity index (χ1n) is 10.1. The van der Waals surface area contributed by atoms with Gasteiger partial charge in [0.25, 0.3) is 5.88 Å². The van der Waals surface area contributed by atoms with Crippen LogP contribution < -0.4 is 18.9 Å². The molecule has 0 aromatic carbocycles. The molecule has 0 aliphatic rings. The second kappa shape index (κ2) is 10.9. The van der Waals surface area contributed by atoms with Gasteiger partial charge in [-0.25, -0.2) is 9.59 Å². The molecule has 1 aromatic rings. The Kier molecular flexibility index (Phi) is 9.20. The van der Waals surface area contributed by atoms with Crippen molar-refractivity contribution in [2.24, 2.45) is 0 Å². The Morgan fingerprint density at radius 3 is 1.57 bits per heavy atom. The fraction of sp³-hybridized carbons (Fsp3) is 0.667. The molecule has 2 amide bonds. The Balaban J connectivity index is 3.30. The number of hydrogen-bond acceptors (Lipinski definition) is 7. The van der Waals surface area contributed by atoms with Crippen molar-refractivity contribution in [3.63, 3.8) is 0 Å². The SMILES string of the molecule is COc1nc(OC(=O)N(C(C)C)C(C)C)cc(OC(=O)N(C(C)C)C(C)C)c1OC. The molecule has 1 heterocycles. The molecule has 1 rings (SSSR count). The third-order valence-corrected chi connectivity index (χ3v) is 4.32. The monoisotopic (exact) mass is 425 g/mol. The zero-order valence-corrected chi connectivity index (χ0v) is 19.7. The van der Waals surface area contributed by atoms with Crippen LogP contribution in [-0.2, 0) is 0 Å². The van der Waals surface area contributed by atoms with Crippen molar-refractivity contribution in [1.82, 2.24) is 14.8 Å². The van der Waals surface area contributed by atoms with Crippen molar-refractivity contribution in [2.45, 2.75) is 79.6 Å². The van der Waals surface area contributed by atoms with Crippen molar-refractivity contribution in [2.75, 3.05) is 14.2 Å². The van der Waals surface area contributed by atoms with E-state index in [4.69, 9.17) is 18.9 Å². The molecule has 1 aromatic heterocycles. The van der Waals surface area contributed by atoms with E-state index in [0.29, 0.717) is 0 Å². The average Bonchev–Trinajstić information content (AvgIpc) is 2.59. The van der Waals surface area contributed by atoms with Gasteiger partial charge in [-0.1, -0.05) is 0 Å². The molecule has 0 saturated heterocycles. The maximum Gasteiger partial charge on any atom is 0.417 e. The van der Waals surface area contributed by atoms with E-state index in [1.165, 1.54) is 20.3 Å². The summed E-state index contributed by atoms with van der Waals surface area (Å²) in [6, 6.07) is 1.06. The molecule has 9 heteroatoms. The molecule has 0 aliphatic heterocycles. The van der Waals surface area contributed by atoms with E-state index in [1.807, 2.05) is 55.4 Å². The molecule has 0 fully saturated rings. The first-order valence-corrected chi connectivity index (χ1v) is 10.1. The highest BCUT2D eigenvalue weighted by molar-refractivity contribution is 5.74. The zero-order valence-electron chi connectivity index (χ0n) is 19.7. The molecule has 9 nitrogen and oxygen atoms in total. The Morgan fingerprint density at radius 2 is 1.20 bits per heavy atom. The molecular weight excluding hydrogens is 390 g/mol. The highest BCUT2D eigenvalue weighted by atomic mass is 16.6. The third kappa shape index (κ3) is 6.14. The lowest BCUT2D eigenvalue weighted by Crippen LogP contribution is -2.44. The van der Waals surface area contributed by atoms with Crippen LogP contribution in [0, 0.1) is 0 Å². The van der Waals surface area contributed by atoms with Crippen LogP contribution in [-0.4, -0.2) is 65.4 Å². The number of pyridine rings is 1. The van der Waals surface area contributed by atoms with Crippen LogP contribution in [0.2, 0.25) is 0 Å². The van der Waals surface area contributed by atoms with Crippen LogP contribution in [0.5, 0.6) is 23.3 Å². The number of ether oxygens (including phenoxy) is 4. The van der Waals surface area contributed by atoms with Gasteiger partial charge < -0.3 is 28.7 Å². The van der Waals surface area contributed by atoms with Gasteiger partial charge in [0, 0.05) is 30.2 Å². The second-order valence-corrected chi connectivity index (χ2v) is 7.93. The average molecular weight is 426 g/mol. The number of amides is 2. The predicted octanol–water partition coefficient (Wildman–Crippen LogP) is 4.33. The number of aromatic nitrogens is 1. The maximum atomic E-state index is 12.8. The molecule has 0 unspecified atom stereocenters. The van der Waals surface area contributed by atoms with Crippen molar-refractivity contribution in [1.29, 1.82) is 0 Å². The standard InChI is InChI=1S/C21H35N3O6/c1-12(2)23(13(3)4)20(25)29-16-11-17(22-19(28-10)18(16)27-9)30-21(26)24(14(5)6)15(7)8/h11-15H,1-10H3. The predicted molar refractivity (Wildman–Crippen MR) is 114 cm³/mol. The lowest BCUT2D eigenvalue weighted by Gasteiger charge is -2.30. The first kappa shape index (κ1) is 25.3. The van der Waals surface area contributed by atoms with E-state index in [1.54, 1.807) is 9.80 Å². The lowest BCUT2D eigenvalue weighted by molar-refractivity contribution is 0.119. The third-order valence-electron chi connectivity index (χ3n) is 4.32. The van der Waals surface area contributed by atoms with E-state index in [9.17, 15) is 9.59 Å². The van der Waals surface area contributed by atoms with Crippen LogP contribution in [0.1, 0.15) is 55.4 Å². The van der Waals surface area contributed by atoms with Gasteiger partial charge in [0.2, 0.25) is 11.6 Å². The van der Waals surface area contributed by atoms with Crippen molar-refractivity contribution < 1.29 is 28.5 Å². The quantitative estimate of drug-likeness (QED) is 0.612. The highest BCUT2D eigenvalue weighted by Crippen LogP contribution is 2.39. The number of rotatable bonds is 8. The van der Waals surface area contributed by atoms with Crippen molar-refractivity contribution in [3.8, 4) is 23.3 Å². The van der Waals surface area contributed by atoms with Crippen LogP contribution >= 0.6 is 0 Å². The smallest absolute Gasteiger partial charge is 0.417 e. The lowest BCUT2D eigenvalue weighted by atomic mass is 10.2. The van der Waals surface area contributed by atoms with Gasteiger partial charge in [-0.05, 0) is 55.4 Å². The molecule has 0 bridgehead atoms. The molecule has 0 radical (unpaired) electrons. The minimum atomic E-state index is -0.567. The van der Waals surface area contributed by atoms with E-state index < -0.39 is 12.2 Å². The molecular formula is C21H35N3O6. The van der Waals surface area contributed by atoms with Crippen LogP contribution in [0.15, 0.2) is 6.07 Å². The Labute approximate surface area is 179 Å². The summed E-state index contributed by atoms with van der Waals surface area (Å²) in [6.07, 6.45) is -1.13. The Morgan fingerprint density at radius 1 is 0.767 bits per heavy atom. The molecule has 0 spiro atoms. The molecule has 0 N–H and O–H groups in total. The number of nitrogens with zero attached hydrogens (tertiary/aromatic N) is 3. The van der Waals surface area contributed by atoms with Gasteiger partial charge in [-0.15, -0.1) is 0 Å². The number of carbonyl (C=O) groups excluding carboxylic acids is 2. The van der Waals surface area contributed by atoms with Crippen LogP contribution in [0.25, 0.3) is 0 Å². The fourth-order valence-corrected chi connectivity index (χ4v) is 3.25. The summed E-state index contributed by atoms with van der Waals surface area (Å²) in [4.78, 5) is 32.7. The van der Waals surface area contributed by atoms with Gasteiger partial charge in [0.1, 0.15) is 0 Å². The molecule has 0 atom stereocenters. The summed E-state index contributed by atoms with van der Waals surface area (Å²) in [5, 5.41) is 0. The molecule has 170 valence electrons. The minimum absolute atomic E-state index is 0.0342. The molecule has 0 saturated carbocycles. The van der Waals surface area contributed by atoms with E-state index >= 15 is 0 Å². The summed E-state index contributed by atoms with van der Waals surface area (Å²) in [7, 11) is 2.80. The highest BCUT2D eigenvalue weighted by Gasteiger charge is 2.27. The Hall–Kier alpha value is -2.71.